The summed E-state index contributed by atoms with van der Waals surface area (Å²) in [5.74, 6) is 1.29. The average Bonchev–Trinajstić information content (AvgIpc) is 2.97. The fourth-order valence-electron chi connectivity index (χ4n) is 3.74. The summed E-state index contributed by atoms with van der Waals surface area (Å²) >= 11 is 0. The van der Waals surface area contributed by atoms with E-state index in [-0.39, 0.29) is 24.0 Å². The first-order valence-corrected chi connectivity index (χ1v) is 8.83. The molecule has 1 saturated heterocycles. The number of nitrogens with two attached hydrogens (primary N) is 1. The van der Waals surface area contributed by atoms with Crippen molar-refractivity contribution in [2.24, 2.45) is 11.7 Å². The van der Waals surface area contributed by atoms with Crippen LogP contribution in [-0.2, 0) is 4.79 Å². The zero-order chi connectivity index (χ0) is 16.4. The Kier molecular flexibility index (Phi) is 4.90. The van der Waals surface area contributed by atoms with E-state index in [2.05, 4.69) is 32.0 Å². The SMILES string of the molecule is Cc1ccc(C)c(OC2CCN(C(=O)[C@@H]3CCC[C@@H]3N)CC2)c1. The highest BCUT2D eigenvalue weighted by Gasteiger charge is 2.35. The zero-order valence-corrected chi connectivity index (χ0v) is 14.3. The summed E-state index contributed by atoms with van der Waals surface area (Å²) in [6, 6.07) is 6.37. The average molecular weight is 316 g/mol. The molecule has 23 heavy (non-hydrogen) atoms. The van der Waals surface area contributed by atoms with Gasteiger partial charge in [0.2, 0.25) is 5.91 Å². The van der Waals surface area contributed by atoms with Gasteiger partial charge in [-0.25, -0.2) is 0 Å². The van der Waals surface area contributed by atoms with Crippen molar-refractivity contribution in [3.63, 3.8) is 0 Å². The van der Waals surface area contributed by atoms with Crippen LogP contribution in [0.25, 0.3) is 0 Å². The summed E-state index contributed by atoms with van der Waals surface area (Å²) in [4.78, 5) is 14.6. The Morgan fingerprint density at radius 1 is 1.17 bits per heavy atom. The number of amides is 1. The van der Waals surface area contributed by atoms with Crippen LogP contribution in [0.4, 0.5) is 0 Å². The number of nitrogens with zero attached hydrogens (tertiary/aromatic N) is 1. The lowest BCUT2D eigenvalue weighted by molar-refractivity contribution is -0.137. The summed E-state index contributed by atoms with van der Waals surface area (Å²) in [5, 5.41) is 0. The van der Waals surface area contributed by atoms with Gasteiger partial charge in [0.05, 0.1) is 5.92 Å². The first-order valence-electron chi connectivity index (χ1n) is 8.83. The first kappa shape index (κ1) is 16.3. The van der Waals surface area contributed by atoms with Crippen LogP contribution in [0.3, 0.4) is 0 Å². The summed E-state index contributed by atoms with van der Waals surface area (Å²) in [6.07, 6.45) is 5.05. The van der Waals surface area contributed by atoms with E-state index in [4.69, 9.17) is 10.5 Å². The fraction of sp³-hybridized carbons (Fsp3) is 0.632. The summed E-state index contributed by atoms with van der Waals surface area (Å²) in [7, 11) is 0. The molecule has 3 rings (SSSR count). The molecule has 4 nitrogen and oxygen atoms in total. The van der Waals surface area contributed by atoms with Crippen LogP contribution >= 0.6 is 0 Å². The molecule has 0 unspecified atom stereocenters. The quantitative estimate of drug-likeness (QED) is 0.933. The minimum Gasteiger partial charge on any atom is -0.490 e. The third kappa shape index (κ3) is 3.69. The Labute approximate surface area is 139 Å². The molecule has 2 atom stereocenters. The van der Waals surface area contributed by atoms with E-state index in [0.29, 0.717) is 0 Å². The minimum atomic E-state index is 0.0477. The van der Waals surface area contributed by atoms with Crippen LogP contribution < -0.4 is 10.5 Å². The molecule has 4 heteroatoms. The van der Waals surface area contributed by atoms with Gasteiger partial charge in [-0.05, 0) is 43.9 Å². The third-order valence-corrected chi connectivity index (χ3v) is 5.28. The van der Waals surface area contributed by atoms with E-state index in [0.717, 1.165) is 50.9 Å². The highest BCUT2D eigenvalue weighted by Crippen LogP contribution is 2.28. The van der Waals surface area contributed by atoms with Crippen molar-refractivity contribution < 1.29 is 9.53 Å². The van der Waals surface area contributed by atoms with Crippen molar-refractivity contribution in [2.45, 2.75) is 58.1 Å². The molecule has 1 aliphatic heterocycles. The number of carbonyl (C=O) groups excluding carboxylic acids is 1. The van der Waals surface area contributed by atoms with Crippen LogP contribution in [0.5, 0.6) is 5.75 Å². The lowest BCUT2D eigenvalue weighted by atomic mass is 10.00. The fourth-order valence-corrected chi connectivity index (χ4v) is 3.74. The Bertz CT molecular complexity index is 564. The lowest BCUT2D eigenvalue weighted by Crippen LogP contribution is -2.47. The first-order chi connectivity index (χ1) is 11.0. The molecular weight excluding hydrogens is 288 g/mol. The van der Waals surface area contributed by atoms with Crippen molar-refractivity contribution in [3.8, 4) is 5.75 Å². The van der Waals surface area contributed by atoms with Gasteiger partial charge in [0, 0.05) is 32.0 Å². The topological polar surface area (TPSA) is 55.6 Å². The largest absolute Gasteiger partial charge is 0.490 e. The summed E-state index contributed by atoms with van der Waals surface area (Å²) in [6.45, 7) is 5.74. The van der Waals surface area contributed by atoms with E-state index in [1.165, 1.54) is 11.1 Å². The number of rotatable bonds is 3. The van der Waals surface area contributed by atoms with Crippen LogP contribution in [-0.4, -0.2) is 36.0 Å². The Balaban J connectivity index is 1.54. The molecule has 2 fully saturated rings. The minimum absolute atomic E-state index is 0.0477. The van der Waals surface area contributed by atoms with Gasteiger partial charge in [-0.1, -0.05) is 18.6 Å². The number of hydrogen-bond donors (Lipinski definition) is 1. The summed E-state index contributed by atoms with van der Waals surface area (Å²) in [5.41, 5.74) is 8.46. The Hall–Kier alpha value is -1.55. The van der Waals surface area contributed by atoms with Crippen molar-refractivity contribution in [3.05, 3.63) is 29.3 Å². The lowest BCUT2D eigenvalue weighted by Gasteiger charge is -2.34. The van der Waals surface area contributed by atoms with Crippen molar-refractivity contribution >= 4 is 5.91 Å². The predicted molar refractivity (Wildman–Crippen MR) is 91.5 cm³/mol. The van der Waals surface area contributed by atoms with E-state index in [1.807, 2.05) is 4.90 Å². The molecule has 2 aliphatic rings. The smallest absolute Gasteiger partial charge is 0.227 e. The molecule has 1 heterocycles. The second-order valence-electron chi connectivity index (χ2n) is 7.11. The molecule has 0 spiro atoms. The van der Waals surface area contributed by atoms with Gasteiger partial charge in [-0.2, -0.15) is 0 Å². The number of ether oxygens (including phenoxy) is 1. The maximum absolute atomic E-state index is 12.6. The normalized spacial score (nSPS) is 25.6. The van der Waals surface area contributed by atoms with Crippen LogP contribution in [0.1, 0.15) is 43.2 Å². The molecule has 0 radical (unpaired) electrons. The van der Waals surface area contributed by atoms with Gasteiger partial charge in [0.1, 0.15) is 11.9 Å². The van der Waals surface area contributed by atoms with Gasteiger partial charge in [-0.3, -0.25) is 4.79 Å². The molecule has 1 aliphatic carbocycles. The van der Waals surface area contributed by atoms with Crippen molar-refractivity contribution in [2.75, 3.05) is 13.1 Å². The van der Waals surface area contributed by atoms with Crippen molar-refractivity contribution in [1.82, 2.24) is 4.90 Å². The molecular formula is C19H28N2O2. The number of aryl methyl sites for hydroxylation is 2. The van der Waals surface area contributed by atoms with Crippen LogP contribution in [0.2, 0.25) is 0 Å². The highest BCUT2D eigenvalue weighted by molar-refractivity contribution is 5.80. The zero-order valence-electron chi connectivity index (χ0n) is 14.3. The van der Waals surface area contributed by atoms with Gasteiger partial charge >= 0.3 is 0 Å². The monoisotopic (exact) mass is 316 g/mol. The van der Waals surface area contributed by atoms with Gasteiger partial charge < -0.3 is 15.4 Å². The van der Waals surface area contributed by atoms with Crippen molar-refractivity contribution in [1.29, 1.82) is 0 Å². The molecule has 126 valence electrons. The van der Waals surface area contributed by atoms with Crippen LogP contribution in [0.15, 0.2) is 18.2 Å². The molecule has 2 N–H and O–H groups in total. The molecule has 1 amide bonds. The van der Waals surface area contributed by atoms with Gasteiger partial charge in [-0.15, -0.1) is 0 Å². The standard InChI is InChI=1S/C19H28N2O2/c1-13-6-7-14(2)18(12-13)23-15-8-10-21(11-9-15)19(22)16-4-3-5-17(16)20/h6-7,12,15-17H,3-5,8-11,20H2,1-2H3/t16-,17+/m1/s1. The second kappa shape index (κ2) is 6.91. The van der Waals surface area contributed by atoms with Gasteiger partial charge in [0.25, 0.3) is 0 Å². The maximum Gasteiger partial charge on any atom is 0.227 e. The molecule has 1 aromatic carbocycles. The Morgan fingerprint density at radius 2 is 1.91 bits per heavy atom. The number of carbonyl (C=O) groups is 1. The molecule has 0 aromatic heterocycles. The summed E-state index contributed by atoms with van der Waals surface area (Å²) < 4.78 is 6.18. The van der Waals surface area contributed by atoms with E-state index < -0.39 is 0 Å². The van der Waals surface area contributed by atoms with E-state index in [9.17, 15) is 4.79 Å². The van der Waals surface area contributed by atoms with Gasteiger partial charge in [0.15, 0.2) is 0 Å². The number of benzene rings is 1. The predicted octanol–water partition coefficient (Wildman–Crippen LogP) is 2.80. The van der Waals surface area contributed by atoms with E-state index in [1.54, 1.807) is 0 Å². The molecule has 0 bridgehead atoms. The number of hydrogen-bond acceptors (Lipinski definition) is 3. The molecule has 1 saturated carbocycles. The molecule has 1 aromatic rings. The number of likely N-dealkylation sites (tertiary alicyclic amines) is 1. The second-order valence-corrected chi connectivity index (χ2v) is 7.11. The highest BCUT2D eigenvalue weighted by atomic mass is 16.5. The maximum atomic E-state index is 12.6. The Morgan fingerprint density at radius 3 is 2.57 bits per heavy atom. The number of piperidine rings is 1. The third-order valence-electron chi connectivity index (χ3n) is 5.28. The van der Waals surface area contributed by atoms with E-state index >= 15 is 0 Å². The van der Waals surface area contributed by atoms with Crippen LogP contribution in [0, 0.1) is 19.8 Å².